The minimum absolute atomic E-state index is 0.00681. The molecule has 6 nitrogen and oxygen atoms in total. The molecule has 1 aromatic heterocycles. The van der Waals surface area contributed by atoms with Crippen LogP contribution in [-0.4, -0.2) is 42.1 Å². The van der Waals surface area contributed by atoms with E-state index in [1.807, 2.05) is 12.4 Å². The van der Waals surface area contributed by atoms with Crippen molar-refractivity contribution in [3.63, 3.8) is 0 Å². The highest BCUT2D eigenvalue weighted by Crippen LogP contribution is 2.25. The van der Waals surface area contributed by atoms with E-state index >= 15 is 0 Å². The predicted molar refractivity (Wildman–Crippen MR) is 113 cm³/mol. The van der Waals surface area contributed by atoms with Gasteiger partial charge in [0.15, 0.2) is 0 Å². The molecule has 154 valence electrons. The van der Waals surface area contributed by atoms with Crippen LogP contribution in [0.3, 0.4) is 0 Å². The van der Waals surface area contributed by atoms with E-state index in [1.165, 1.54) is 25.3 Å². The first kappa shape index (κ1) is 19.6. The molecule has 2 aliphatic rings. The Morgan fingerprint density at radius 2 is 1.72 bits per heavy atom. The van der Waals surface area contributed by atoms with Crippen LogP contribution in [-0.2, 0) is 4.79 Å². The predicted octanol–water partition coefficient (Wildman–Crippen LogP) is 3.77. The molecule has 0 aliphatic carbocycles. The van der Waals surface area contributed by atoms with E-state index in [9.17, 15) is 9.18 Å². The number of benzene rings is 1. The maximum Gasteiger partial charge on any atom is 0.227 e. The molecule has 29 heavy (non-hydrogen) atoms. The van der Waals surface area contributed by atoms with E-state index in [4.69, 9.17) is 0 Å². The number of nitrogens with one attached hydrogen (secondary N) is 1. The summed E-state index contributed by atoms with van der Waals surface area (Å²) < 4.78 is 13.4. The van der Waals surface area contributed by atoms with E-state index < -0.39 is 0 Å². The number of halogens is 1. The van der Waals surface area contributed by atoms with Crippen LogP contribution in [0.5, 0.6) is 0 Å². The lowest BCUT2D eigenvalue weighted by Gasteiger charge is -2.33. The van der Waals surface area contributed by atoms with E-state index in [-0.39, 0.29) is 17.6 Å². The average molecular weight is 397 g/mol. The van der Waals surface area contributed by atoms with E-state index in [0.29, 0.717) is 11.3 Å². The first-order valence-corrected chi connectivity index (χ1v) is 10.5. The Balaban J connectivity index is 1.30. The van der Waals surface area contributed by atoms with Gasteiger partial charge in [0.1, 0.15) is 5.82 Å². The van der Waals surface area contributed by atoms with E-state index in [0.717, 1.165) is 50.7 Å². The summed E-state index contributed by atoms with van der Waals surface area (Å²) in [6.07, 6.45) is 9.06. The van der Waals surface area contributed by atoms with Gasteiger partial charge in [-0.3, -0.25) is 4.79 Å². The SMILES string of the molecule is Cc1cc(NC(=O)C2CCN(c3cnc(N4CCCCC4)nc3)CC2)ccc1F. The minimum Gasteiger partial charge on any atom is -0.369 e. The summed E-state index contributed by atoms with van der Waals surface area (Å²) in [6, 6.07) is 4.67. The molecule has 3 heterocycles. The fourth-order valence-electron chi connectivity index (χ4n) is 4.10. The molecule has 7 heteroatoms. The number of aryl methyl sites for hydroxylation is 1. The number of hydrogen-bond acceptors (Lipinski definition) is 5. The van der Waals surface area contributed by atoms with Gasteiger partial charge in [0, 0.05) is 37.8 Å². The number of carbonyl (C=O) groups is 1. The van der Waals surface area contributed by atoms with Crippen molar-refractivity contribution in [3.8, 4) is 0 Å². The van der Waals surface area contributed by atoms with Gasteiger partial charge >= 0.3 is 0 Å². The van der Waals surface area contributed by atoms with Crippen molar-refractivity contribution in [1.82, 2.24) is 9.97 Å². The van der Waals surface area contributed by atoms with Crippen molar-refractivity contribution in [1.29, 1.82) is 0 Å². The topological polar surface area (TPSA) is 61.4 Å². The Morgan fingerprint density at radius 3 is 2.38 bits per heavy atom. The van der Waals surface area contributed by atoms with Gasteiger partial charge in [0.25, 0.3) is 0 Å². The lowest BCUT2D eigenvalue weighted by molar-refractivity contribution is -0.120. The molecule has 2 saturated heterocycles. The van der Waals surface area contributed by atoms with Crippen LogP contribution in [0.1, 0.15) is 37.7 Å². The van der Waals surface area contributed by atoms with Gasteiger partial charge in [-0.2, -0.15) is 0 Å². The standard InChI is InChI=1S/C22H28FN5O/c1-16-13-18(5-6-20(16)23)26-21(29)17-7-11-27(12-8-17)19-14-24-22(25-15-19)28-9-3-2-4-10-28/h5-6,13-15,17H,2-4,7-12H2,1H3,(H,26,29). The van der Waals surface area contributed by atoms with Crippen molar-refractivity contribution in [2.45, 2.75) is 39.0 Å². The monoisotopic (exact) mass is 397 g/mol. The van der Waals surface area contributed by atoms with Crippen LogP contribution in [0, 0.1) is 18.7 Å². The molecule has 0 atom stereocenters. The van der Waals surface area contributed by atoms with Crippen LogP contribution in [0.15, 0.2) is 30.6 Å². The summed E-state index contributed by atoms with van der Waals surface area (Å²) in [5, 5.41) is 2.92. The molecule has 1 N–H and O–H groups in total. The molecule has 2 aliphatic heterocycles. The van der Waals surface area contributed by atoms with Crippen molar-refractivity contribution < 1.29 is 9.18 Å². The highest BCUT2D eigenvalue weighted by Gasteiger charge is 2.26. The Labute approximate surface area is 171 Å². The number of nitrogens with zero attached hydrogens (tertiary/aromatic N) is 4. The number of rotatable bonds is 4. The second-order valence-electron chi connectivity index (χ2n) is 8.00. The number of hydrogen-bond donors (Lipinski definition) is 1. The van der Waals surface area contributed by atoms with Crippen LogP contribution in [0.25, 0.3) is 0 Å². The summed E-state index contributed by atoms with van der Waals surface area (Å²) in [7, 11) is 0. The van der Waals surface area contributed by atoms with Gasteiger partial charge in [0.2, 0.25) is 11.9 Å². The smallest absolute Gasteiger partial charge is 0.227 e. The van der Waals surface area contributed by atoms with E-state index in [1.54, 1.807) is 19.1 Å². The summed E-state index contributed by atoms with van der Waals surface area (Å²) >= 11 is 0. The van der Waals surface area contributed by atoms with Crippen molar-refractivity contribution in [2.24, 2.45) is 5.92 Å². The molecule has 2 aromatic rings. The zero-order valence-corrected chi connectivity index (χ0v) is 16.9. The molecular weight excluding hydrogens is 369 g/mol. The second-order valence-corrected chi connectivity index (χ2v) is 8.00. The zero-order valence-electron chi connectivity index (χ0n) is 16.9. The fraction of sp³-hybridized carbons (Fsp3) is 0.500. The van der Waals surface area contributed by atoms with Gasteiger partial charge < -0.3 is 15.1 Å². The number of amides is 1. The average Bonchev–Trinajstić information content (AvgIpc) is 2.77. The zero-order chi connectivity index (χ0) is 20.2. The summed E-state index contributed by atoms with van der Waals surface area (Å²) in [5.74, 6) is 0.527. The van der Waals surface area contributed by atoms with Crippen molar-refractivity contribution in [2.75, 3.05) is 41.3 Å². The third kappa shape index (κ3) is 4.66. The maximum atomic E-state index is 13.4. The molecule has 1 amide bonds. The molecule has 0 spiro atoms. The Kier molecular flexibility index (Phi) is 5.92. The molecule has 0 saturated carbocycles. The van der Waals surface area contributed by atoms with Gasteiger partial charge in [0.05, 0.1) is 18.1 Å². The van der Waals surface area contributed by atoms with Crippen LogP contribution < -0.4 is 15.1 Å². The highest BCUT2D eigenvalue weighted by molar-refractivity contribution is 5.92. The third-order valence-corrected chi connectivity index (χ3v) is 5.92. The van der Waals surface area contributed by atoms with Gasteiger partial charge in [-0.1, -0.05) is 0 Å². The number of aromatic nitrogens is 2. The number of anilines is 3. The first-order chi connectivity index (χ1) is 14.1. The number of carbonyl (C=O) groups excluding carboxylic acids is 1. The summed E-state index contributed by atoms with van der Waals surface area (Å²) in [4.78, 5) is 26.2. The summed E-state index contributed by atoms with van der Waals surface area (Å²) in [5.41, 5.74) is 2.20. The van der Waals surface area contributed by atoms with Crippen molar-refractivity contribution in [3.05, 3.63) is 42.0 Å². The first-order valence-electron chi connectivity index (χ1n) is 10.5. The van der Waals surface area contributed by atoms with Crippen LogP contribution in [0.4, 0.5) is 21.7 Å². The second kappa shape index (κ2) is 8.76. The third-order valence-electron chi connectivity index (χ3n) is 5.92. The molecule has 0 bridgehead atoms. The Hall–Kier alpha value is -2.70. The molecular formula is C22H28FN5O. The largest absolute Gasteiger partial charge is 0.369 e. The Morgan fingerprint density at radius 1 is 1.03 bits per heavy atom. The molecule has 2 fully saturated rings. The van der Waals surface area contributed by atoms with Crippen molar-refractivity contribution >= 4 is 23.2 Å². The normalized spacial score (nSPS) is 18.0. The highest BCUT2D eigenvalue weighted by atomic mass is 19.1. The molecule has 1 aromatic carbocycles. The van der Waals surface area contributed by atoms with Gasteiger partial charge in [-0.05, 0) is 62.8 Å². The minimum atomic E-state index is -0.259. The van der Waals surface area contributed by atoms with Gasteiger partial charge in [-0.25, -0.2) is 14.4 Å². The quantitative estimate of drug-likeness (QED) is 0.851. The van der Waals surface area contributed by atoms with Gasteiger partial charge in [-0.15, -0.1) is 0 Å². The Bertz CT molecular complexity index is 843. The van der Waals surface area contributed by atoms with Crippen LogP contribution >= 0.6 is 0 Å². The lowest BCUT2D eigenvalue weighted by atomic mass is 9.95. The molecule has 0 unspecified atom stereocenters. The maximum absolute atomic E-state index is 13.4. The summed E-state index contributed by atoms with van der Waals surface area (Å²) in [6.45, 7) is 5.36. The lowest BCUT2D eigenvalue weighted by Crippen LogP contribution is -2.38. The van der Waals surface area contributed by atoms with Crippen LogP contribution in [0.2, 0.25) is 0 Å². The van der Waals surface area contributed by atoms with E-state index in [2.05, 4.69) is 25.1 Å². The fourth-order valence-corrected chi connectivity index (χ4v) is 4.10. The molecule has 4 rings (SSSR count). The number of piperidine rings is 2. The molecule has 0 radical (unpaired) electrons.